The number of halogens is 3. The normalized spacial score (nSPS) is 18.7. The molecule has 144 valence electrons. The molecule has 8 heteroatoms. The van der Waals surface area contributed by atoms with E-state index in [9.17, 15) is 18.0 Å². The van der Waals surface area contributed by atoms with Gasteiger partial charge in [0.15, 0.2) is 0 Å². The van der Waals surface area contributed by atoms with Crippen molar-refractivity contribution in [2.75, 3.05) is 26.2 Å². The summed E-state index contributed by atoms with van der Waals surface area (Å²) in [7, 11) is 0. The van der Waals surface area contributed by atoms with Gasteiger partial charge in [-0.05, 0) is 36.6 Å². The molecule has 1 saturated heterocycles. The molecule has 0 radical (unpaired) electrons. The van der Waals surface area contributed by atoms with Gasteiger partial charge in [-0.25, -0.2) is 0 Å². The summed E-state index contributed by atoms with van der Waals surface area (Å²) < 4.78 is 37.9. The second-order valence-electron chi connectivity index (χ2n) is 7.25. The topological polar surface area (TPSA) is 52.2 Å². The van der Waals surface area contributed by atoms with E-state index in [0.29, 0.717) is 44.3 Å². The molecule has 2 heterocycles. The number of carbonyl (C=O) groups is 1. The van der Waals surface area contributed by atoms with Crippen LogP contribution in [0.1, 0.15) is 46.1 Å². The minimum atomic E-state index is -4.31. The lowest BCUT2D eigenvalue weighted by Crippen LogP contribution is -2.48. The van der Waals surface area contributed by atoms with Crippen LogP contribution in [-0.4, -0.2) is 52.1 Å². The minimum absolute atomic E-state index is 0.0627. The Morgan fingerprint density at radius 1 is 1.11 bits per heavy atom. The van der Waals surface area contributed by atoms with Crippen LogP contribution in [-0.2, 0) is 12.7 Å². The first-order chi connectivity index (χ1) is 12.9. The molecule has 2 aromatic rings. The molecule has 0 spiro atoms. The van der Waals surface area contributed by atoms with Crippen molar-refractivity contribution in [2.45, 2.75) is 31.5 Å². The Morgan fingerprint density at radius 2 is 1.78 bits per heavy atom. The van der Waals surface area contributed by atoms with Gasteiger partial charge in [0.05, 0.1) is 5.56 Å². The van der Waals surface area contributed by atoms with Gasteiger partial charge >= 0.3 is 6.18 Å². The Hall–Kier alpha value is -2.35. The van der Waals surface area contributed by atoms with Crippen LogP contribution in [0, 0.1) is 0 Å². The van der Waals surface area contributed by atoms with Gasteiger partial charge in [0, 0.05) is 44.3 Å². The first-order valence-corrected chi connectivity index (χ1v) is 9.13. The van der Waals surface area contributed by atoms with Crippen LogP contribution in [0.15, 0.2) is 30.3 Å². The molecule has 1 aromatic carbocycles. The van der Waals surface area contributed by atoms with Crippen LogP contribution in [0.25, 0.3) is 0 Å². The molecule has 1 aromatic heterocycles. The number of aromatic nitrogens is 2. The van der Waals surface area contributed by atoms with Gasteiger partial charge in [-0.15, -0.1) is 0 Å². The quantitative estimate of drug-likeness (QED) is 0.889. The highest BCUT2D eigenvalue weighted by molar-refractivity contribution is 5.92. The molecular formula is C19H21F3N4O. The second-order valence-corrected chi connectivity index (χ2v) is 7.25. The molecule has 1 aliphatic heterocycles. The number of rotatable bonds is 4. The molecule has 4 rings (SSSR count). The molecule has 0 atom stereocenters. The van der Waals surface area contributed by atoms with E-state index in [1.54, 1.807) is 4.90 Å². The highest BCUT2D eigenvalue weighted by atomic mass is 19.4. The Kier molecular flexibility index (Phi) is 4.67. The van der Waals surface area contributed by atoms with Crippen molar-refractivity contribution in [3.05, 3.63) is 52.8 Å². The Bertz CT molecular complexity index is 803. The number of H-pyrrole nitrogens is 1. The fourth-order valence-electron chi connectivity index (χ4n) is 3.38. The first-order valence-electron chi connectivity index (χ1n) is 9.13. The molecule has 0 unspecified atom stereocenters. The first kappa shape index (κ1) is 18.0. The summed E-state index contributed by atoms with van der Waals surface area (Å²) in [4.78, 5) is 16.5. The number of nitrogens with one attached hydrogen (secondary N) is 1. The molecule has 2 aliphatic rings. The predicted octanol–water partition coefficient (Wildman–Crippen LogP) is 3.26. The van der Waals surface area contributed by atoms with Gasteiger partial charge in [-0.1, -0.05) is 12.1 Å². The number of carbonyl (C=O) groups excluding carboxylic acids is 1. The Morgan fingerprint density at radius 3 is 2.37 bits per heavy atom. The van der Waals surface area contributed by atoms with Gasteiger partial charge in [0.2, 0.25) is 0 Å². The van der Waals surface area contributed by atoms with E-state index < -0.39 is 11.7 Å². The third-order valence-electron chi connectivity index (χ3n) is 5.18. The predicted molar refractivity (Wildman–Crippen MR) is 93.2 cm³/mol. The standard InChI is InChI=1S/C19H21F3N4O/c20-19(21,22)15-5-1-13(2-6-15)12-25-7-9-26(10-8-25)18(27)17-11-16(23-24-17)14-3-4-14/h1-2,5-6,11,14H,3-4,7-10,12H2,(H,23,24). The highest BCUT2D eigenvalue weighted by Gasteiger charge is 2.30. The maximum Gasteiger partial charge on any atom is 0.416 e. The van der Waals surface area contributed by atoms with Crippen molar-refractivity contribution >= 4 is 5.91 Å². The van der Waals surface area contributed by atoms with Crippen LogP contribution >= 0.6 is 0 Å². The van der Waals surface area contributed by atoms with Crippen molar-refractivity contribution in [1.82, 2.24) is 20.0 Å². The number of benzene rings is 1. The lowest BCUT2D eigenvalue weighted by molar-refractivity contribution is -0.137. The van der Waals surface area contributed by atoms with Crippen molar-refractivity contribution in [2.24, 2.45) is 0 Å². The molecule has 1 amide bonds. The largest absolute Gasteiger partial charge is 0.416 e. The molecular weight excluding hydrogens is 357 g/mol. The molecule has 5 nitrogen and oxygen atoms in total. The number of alkyl halides is 3. The van der Waals surface area contributed by atoms with Crippen molar-refractivity contribution in [1.29, 1.82) is 0 Å². The van der Waals surface area contributed by atoms with E-state index >= 15 is 0 Å². The third-order valence-corrected chi connectivity index (χ3v) is 5.18. The summed E-state index contributed by atoms with van der Waals surface area (Å²) in [6.07, 6.45) is -2.01. The zero-order valence-electron chi connectivity index (χ0n) is 14.8. The number of hydrogen-bond donors (Lipinski definition) is 1. The van der Waals surface area contributed by atoms with Crippen LogP contribution in [0.3, 0.4) is 0 Å². The van der Waals surface area contributed by atoms with E-state index in [2.05, 4.69) is 15.1 Å². The Labute approximate surface area is 155 Å². The monoisotopic (exact) mass is 378 g/mol. The van der Waals surface area contributed by atoms with Gasteiger partial charge in [0.1, 0.15) is 5.69 Å². The zero-order valence-corrected chi connectivity index (χ0v) is 14.8. The molecule has 1 saturated carbocycles. The average Bonchev–Trinajstić information content (AvgIpc) is 3.38. The highest BCUT2D eigenvalue weighted by Crippen LogP contribution is 2.39. The fraction of sp³-hybridized carbons (Fsp3) is 0.474. The summed E-state index contributed by atoms with van der Waals surface area (Å²) in [6.45, 7) is 3.13. The van der Waals surface area contributed by atoms with E-state index in [1.807, 2.05) is 6.07 Å². The summed E-state index contributed by atoms with van der Waals surface area (Å²) >= 11 is 0. The molecule has 1 N–H and O–H groups in total. The van der Waals surface area contributed by atoms with Crippen LogP contribution in [0.5, 0.6) is 0 Å². The van der Waals surface area contributed by atoms with E-state index in [-0.39, 0.29) is 5.91 Å². The minimum Gasteiger partial charge on any atom is -0.335 e. The lowest BCUT2D eigenvalue weighted by Gasteiger charge is -2.34. The molecule has 0 bridgehead atoms. The number of aromatic amines is 1. The van der Waals surface area contributed by atoms with Gasteiger partial charge in [-0.2, -0.15) is 18.3 Å². The van der Waals surface area contributed by atoms with Crippen LogP contribution in [0.2, 0.25) is 0 Å². The van der Waals surface area contributed by atoms with Gasteiger partial charge < -0.3 is 4.90 Å². The maximum absolute atomic E-state index is 12.6. The smallest absolute Gasteiger partial charge is 0.335 e. The third kappa shape index (κ3) is 4.16. The molecule has 27 heavy (non-hydrogen) atoms. The number of hydrogen-bond acceptors (Lipinski definition) is 3. The molecule has 2 fully saturated rings. The summed E-state index contributed by atoms with van der Waals surface area (Å²) in [5.74, 6) is 0.465. The maximum atomic E-state index is 12.6. The van der Waals surface area contributed by atoms with Crippen LogP contribution < -0.4 is 0 Å². The SMILES string of the molecule is O=C(c1cc(C2CC2)[nH]n1)N1CCN(Cc2ccc(C(F)(F)F)cc2)CC1. The second kappa shape index (κ2) is 6.99. The van der Waals surface area contributed by atoms with E-state index in [4.69, 9.17) is 0 Å². The molecule has 1 aliphatic carbocycles. The van der Waals surface area contributed by atoms with Gasteiger partial charge in [-0.3, -0.25) is 14.8 Å². The van der Waals surface area contributed by atoms with Crippen molar-refractivity contribution < 1.29 is 18.0 Å². The number of piperazine rings is 1. The fourth-order valence-corrected chi connectivity index (χ4v) is 3.38. The summed E-state index contributed by atoms with van der Waals surface area (Å²) in [6, 6.07) is 7.12. The Balaban J connectivity index is 1.30. The van der Waals surface area contributed by atoms with Crippen molar-refractivity contribution in [3.8, 4) is 0 Å². The van der Waals surface area contributed by atoms with Crippen LogP contribution in [0.4, 0.5) is 13.2 Å². The summed E-state index contributed by atoms with van der Waals surface area (Å²) in [5.41, 5.74) is 1.71. The van der Waals surface area contributed by atoms with Crippen molar-refractivity contribution in [3.63, 3.8) is 0 Å². The van der Waals surface area contributed by atoms with E-state index in [0.717, 1.165) is 36.2 Å². The zero-order chi connectivity index (χ0) is 19.0. The summed E-state index contributed by atoms with van der Waals surface area (Å²) in [5, 5.41) is 7.10. The average molecular weight is 378 g/mol. The number of nitrogens with zero attached hydrogens (tertiary/aromatic N) is 3. The van der Waals surface area contributed by atoms with E-state index in [1.165, 1.54) is 12.1 Å². The number of amides is 1. The van der Waals surface area contributed by atoms with Gasteiger partial charge in [0.25, 0.3) is 5.91 Å². The lowest BCUT2D eigenvalue weighted by atomic mass is 10.1.